The normalized spacial score (nSPS) is 14.8. The van der Waals surface area contributed by atoms with Gasteiger partial charge in [-0.25, -0.2) is 9.78 Å². The van der Waals surface area contributed by atoms with Crippen LogP contribution in [0.25, 0.3) is 0 Å². The fourth-order valence-corrected chi connectivity index (χ4v) is 2.72. The van der Waals surface area contributed by atoms with Crippen molar-refractivity contribution in [3.63, 3.8) is 0 Å². The molecule has 2 amide bonds. The molecule has 1 aliphatic carbocycles. The minimum Gasteiger partial charge on any atom is -0.336 e. The van der Waals surface area contributed by atoms with E-state index in [2.05, 4.69) is 31.0 Å². The number of hydrogen-bond donors (Lipinski definition) is 2. The van der Waals surface area contributed by atoms with E-state index in [1.165, 1.54) is 41.7 Å². The Hall–Kier alpha value is -2.03. The summed E-state index contributed by atoms with van der Waals surface area (Å²) in [6, 6.07) is -0.264. The smallest absolute Gasteiger partial charge is 0.321 e. The predicted octanol–water partition coefficient (Wildman–Crippen LogP) is 1.22. The molecule has 0 spiro atoms. The number of anilines is 1. The first kappa shape index (κ1) is 13.0. The third kappa shape index (κ3) is 3.10. The lowest BCUT2D eigenvalue weighted by Gasteiger charge is -2.22. The Morgan fingerprint density at radius 3 is 3.10 bits per heavy atom. The predicted molar refractivity (Wildman–Crippen MR) is 73.5 cm³/mol. The maximum atomic E-state index is 11.7. The van der Waals surface area contributed by atoms with Crippen molar-refractivity contribution in [2.75, 3.05) is 11.9 Å². The molecule has 0 atom stereocenters. The van der Waals surface area contributed by atoms with Crippen LogP contribution in [0.1, 0.15) is 30.9 Å². The van der Waals surface area contributed by atoms with Crippen LogP contribution in [-0.4, -0.2) is 37.8 Å². The van der Waals surface area contributed by atoms with Crippen LogP contribution in [0.4, 0.5) is 9.93 Å². The van der Waals surface area contributed by atoms with Crippen molar-refractivity contribution >= 4 is 22.5 Å². The van der Waals surface area contributed by atoms with Crippen molar-refractivity contribution in [2.24, 2.45) is 0 Å². The molecular formula is C11H15N7OS. The van der Waals surface area contributed by atoms with Crippen LogP contribution in [0, 0.1) is 0 Å². The average molecular weight is 293 g/mol. The lowest BCUT2D eigenvalue weighted by molar-refractivity contribution is 0.251. The summed E-state index contributed by atoms with van der Waals surface area (Å²) >= 11 is 1.46. The highest BCUT2D eigenvalue weighted by molar-refractivity contribution is 7.13. The van der Waals surface area contributed by atoms with Gasteiger partial charge in [-0.15, -0.1) is 21.5 Å². The van der Waals surface area contributed by atoms with E-state index in [0.717, 1.165) is 5.69 Å². The highest BCUT2D eigenvalue weighted by Crippen LogP contribution is 2.37. The Morgan fingerprint density at radius 2 is 2.40 bits per heavy atom. The number of nitrogens with zero attached hydrogens (tertiary/aromatic N) is 5. The average Bonchev–Trinajstić information content (AvgIpc) is 2.99. The Bertz CT molecular complexity index is 563. The zero-order chi connectivity index (χ0) is 13.8. The van der Waals surface area contributed by atoms with Crippen LogP contribution in [0.2, 0.25) is 0 Å². The number of carbonyl (C=O) groups is 1. The minimum absolute atomic E-state index is 0.264. The van der Waals surface area contributed by atoms with Crippen molar-refractivity contribution in [1.82, 2.24) is 30.5 Å². The number of urea groups is 1. The Labute approximate surface area is 119 Å². The molecule has 2 aromatic rings. The summed E-state index contributed by atoms with van der Waals surface area (Å²) in [7, 11) is 0. The van der Waals surface area contributed by atoms with Gasteiger partial charge in [0.2, 0.25) is 0 Å². The van der Waals surface area contributed by atoms with Gasteiger partial charge in [0.15, 0.2) is 11.5 Å². The Kier molecular flexibility index (Phi) is 3.86. The van der Waals surface area contributed by atoms with E-state index < -0.39 is 0 Å². The summed E-state index contributed by atoms with van der Waals surface area (Å²) in [4.78, 5) is 17.5. The number of tetrazole rings is 1. The van der Waals surface area contributed by atoms with Crippen LogP contribution >= 0.6 is 11.3 Å². The van der Waals surface area contributed by atoms with Crippen molar-refractivity contribution < 1.29 is 4.79 Å². The van der Waals surface area contributed by atoms with Crippen molar-refractivity contribution in [3.05, 3.63) is 17.4 Å². The third-order valence-electron chi connectivity index (χ3n) is 3.25. The second kappa shape index (κ2) is 5.95. The second-order valence-corrected chi connectivity index (χ2v) is 5.48. The number of aromatic nitrogens is 5. The van der Waals surface area contributed by atoms with Gasteiger partial charge in [-0.3, -0.25) is 5.32 Å². The van der Waals surface area contributed by atoms with E-state index in [1.807, 2.05) is 5.38 Å². The molecule has 1 fully saturated rings. The summed E-state index contributed by atoms with van der Waals surface area (Å²) < 4.78 is 0. The third-order valence-corrected chi connectivity index (χ3v) is 4.03. The SMILES string of the molecule is O=C(NCCn1ncnn1)Nc1nc(C2CCC2)cs1. The van der Waals surface area contributed by atoms with Gasteiger partial charge in [-0.1, -0.05) is 6.42 Å². The molecule has 0 aliphatic heterocycles. The molecule has 0 aromatic carbocycles. The van der Waals surface area contributed by atoms with Crippen LogP contribution in [0.15, 0.2) is 11.7 Å². The molecule has 0 bridgehead atoms. The summed E-state index contributed by atoms with van der Waals surface area (Å²) in [6.07, 6.45) is 5.06. The first-order valence-electron chi connectivity index (χ1n) is 6.52. The van der Waals surface area contributed by atoms with Gasteiger partial charge in [-0.05, 0) is 18.1 Å². The second-order valence-electron chi connectivity index (χ2n) is 4.62. The summed E-state index contributed by atoms with van der Waals surface area (Å²) in [5, 5.41) is 19.3. The molecule has 20 heavy (non-hydrogen) atoms. The topological polar surface area (TPSA) is 97.6 Å². The molecule has 2 heterocycles. The molecule has 1 aliphatic rings. The number of nitrogens with one attached hydrogen (secondary N) is 2. The number of rotatable bonds is 5. The van der Waals surface area contributed by atoms with Crippen molar-refractivity contribution in [3.8, 4) is 0 Å². The highest BCUT2D eigenvalue weighted by Gasteiger charge is 2.22. The molecular weight excluding hydrogens is 278 g/mol. The lowest BCUT2D eigenvalue weighted by Crippen LogP contribution is -2.31. The zero-order valence-electron chi connectivity index (χ0n) is 10.8. The molecule has 0 unspecified atom stereocenters. The van der Waals surface area contributed by atoms with E-state index in [0.29, 0.717) is 24.1 Å². The molecule has 8 nitrogen and oxygen atoms in total. The van der Waals surface area contributed by atoms with E-state index in [9.17, 15) is 4.79 Å². The molecule has 106 valence electrons. The first-order chi connectivity index (χ1) is 9.81. The van der Waals surface area contributed by atoms with Gasteiger partial charge in [0.1, 0.15) is 0 Å². The van der Waals surface area contributed by atoms with Gasteiger partial charge in [0.05, 0.1) is 12.2 Å². The summed E-state index contributed by atoms with van der Waals surface area (Å²) in [5.41, 5.74) is 1.10. The molecule has 0 saturated heterocycles. The molecule has 9 heteroatoms. The largest absolute Gasteiger partial charge is 0.336 e. The van der Waals surface area contributed by atoms with Gasteiger partial charge in [0.25, 0.3) is 0 Å². The number of carbonyl (C=O) groups excluding carboxylic acids is 1. The van der Waals surface area contributed by atoms with E-state index in [-0.39, 0.29) is 6.03 Å². The van der Waals surface area contributed by atoms with Gasteiger partial charge in [-0.2, -0.15) is 4.80 Å². The van der Waals surface area contributed by atoms with Crippen LogP contribution in [0.3, 0.4) is 0 Å². The Balaban J connectivity index is 1.42. The van der Waals surface area contributed by atoms with Crippen molar-refractivity contribution in [2.45, 2.75) is 31.7 Å². The van der Waals surface area contributed by atoms with Crippen LogP contribution < -0.4 is 10.6 Å². The summed E-state index contributed by atoms with van der Waals surface area (Å²) in [5.74, 6) is 0.586. The zero-order valence-corrected chi connectivity index (χ0v) is 11.6. The van der Waals surface area contributed by atoms with Gasteiger partial charge < -0.3 is 5.32 Å². The number of hydrogen-bond acceptors (Lipinski definition) is 6. The van der Waals surface area contributed by atoms with E-state index in [4.69, 9.17) is 0 Å². The monoisotopic (exact) mass is 293 g/mol. The lowest BCUT2D eigenvalue weighted by atomic mass is 9.83. The minimum atomic E-state index is -0.264. The van der Waals surface area contributed by atoms with E-state index >= 15 is 0 Å². The molecule has 3 rings (SSSR count). The van der Waals surface area contributed by atoms with Crippen molar-refractivity contribution in [1.29, 1.82) is 0 Å². The maximum Gasteiger partial charge on any atom is 0.321 e. The van der Waals surface area contributed by atoms with Crippen LogP contribution in [-0.2, 0) is 6.54 Å². The number of thiazole rings is 1. The fraction of sp³-hybridized carbons (Fsp3) is 0.545. The Morgan fingerprint density at radius 1 is 1.50 bits per heavy atom. The standard InChI is InChI=1S/C11H15N7OS/c19-10(12-4-5-18-14-7-13-17-18)16-11-15-9(6-20-11)8-2-1-3-8/h6-8H,1-5H2,(H2,12,15,16,19). The molecule has 1 saturated carbocycles. The van der Waals surface area contributed by atoms with Crippen LogP contribution in [0.5, 0.6) is 0 Å². The highest BCUT2D eigenvalue weighted by atomic mass is 32.1. The van der Waals surface area contributed by atoms with Gasteiger partial charge in [0, 0.05) is 17.8 Å². The maximum absolute atomic E-state index is 11.7. The molecule has 0 radical (unpaired) electrons. The summed E-state index contributed by atoms with van der Waals surface area (Å²) in [6.45, 7) is 0.918. The number of amides is 2. The van der Waals surface area contributed by atoms with E-state index in [1.54, 1.807) is 0 Å². The molecule has 2 N–H and O–H groups in total. The van der Waals surface area contributed by atoms with Gasteiger partial charge >= 0.3 is 6.03 Å². The quantitative estimate of drug-likeness (QED) is 0.863. The fourth-order valence-electron chi connectivity index (χ4n) is 1.94. The first-order valence-corrected chi connectivity index (χ1v) is 7.40. The molecule has 2 aromatic heterocycles.